The van der Waals surface area contributed by atoms with Crippen molar-refractivity contribution in [3.63, 3.8) is 0 Å². The third-order valence-electron chi connectivity index (χ3n) is 5.11. The second kappa shape index (κ2) is 9.64. The maximum atomic E-state index is 12.0. The summed E-state index contributed by atoms with van der Waals surface area (Å²) in [6.45, 7) is 8.80. The van der Waals surface area contributed by atoms with Crippen LogP contribution in [0.2, 0.25) is 0 Å². The Labute approximate surface area is 157 Å². The second-order valence-corrected chi connectivity index (χ2v) is 7.85. The van der Waals surface area contributed by atoms with Gasteiger partial charge < -0.3 is 20.4 Å². The van der Waals surface area contributed by atoms with Crippen molar-refractivity contribution in [1.29, 1.82) is 0 Å². The van der Waals surface area contributed by atoms with Crippen molar-refractivity contribution < 1.29 is 9.21 Å². The van der Waals surface area contributed by atoms with E-state index in [0.29, 0.717) is 17.7 Å². The van der Waals surface area contributed by atoms with Crippen molar-refractivity contribution in [2.75, 3.05) is 26.7 Å². The van der Waals surface area contributed by atoms with Crippen molar-refractivity contribution in [1.82, 2.24) is 16.0 Å². The zero-order valence-corrected chi connectivity index (χ0v) is 16.7. The van der Waals surface area contributed by atoms with E-state index in [1.165, 1.54) is 31.9 Å². The van der Waals surface area contributed by atoms with Crippen LogP contribution in [-0.2, 0) is 0 Å². The van der Waals surface area contributed by atoms with Gasteiger partial charge in [0.2, 0.25) is 0 Å². The molecular weight excluding hydrogens is 328 g/mol. The van der Waals surface area contributed by atoms with Gasteiger partial charge in [-0.05, 0) is 50.0 Å². The van der Waals surface area contributed by atoms with Crippen LogP contribution in [0, 0.1) is 18.3 Å². The Morgan fingerprint density at radius 2 is 2.00 bits per heavy atom. The van der Waals surface area contributed by atoms with Gasteiger partial charge in [-0.25, -0.2) is 0 Å². The number of nitrogens with one attached hydrogen (secondary N) is 3. The van der Waals surface area contributed by atoms with Crippen LogP contribution >= 0.6 is 0 Å². The molecule has 3 N–H and O–H groups in total. The van der Waals surface area contributed by atoms with Crippen molar-refractivity contribution in [3.8, 4) is 0 Å². The van der Waals surface area contributed by atoms with Crippen LogP contribution in [0.1, 0.15) is 62.1 Å². The highest BCUT2D eigenvalue weighted by atomic mass is 16.3. The number of carbonyl (C=O) groups is 1. The van der Waals surface area contributed by atoms with Gasteiger partial charge in [-0.3, -0.25) is 9.79 Å². The molecule has 0 saturated heterocycles. The number of guanidine groups is 1. The zero-order chi connectivity index (χ0) is 19.0. The van der Waals surface area contributed by atoms with Gasteiger partial charge in [0.25, 0.3) is 5.91 Å². The van der Waals surface area contributed by atoms with Crippen molar-refractivity contribution in [3.05, 3.63) is 23.7 Å². The lowest BCUT2D eigenvalue weighted by atomic mass is 9.64. The molecule has 0 aliphatic heterocycles. The fourth-order valence-corrected chi connectivity index (χ4v) is 3.67. The smallest absolute Gasteiger partial charge is 0.287 e. The lowest BCUT2D eigenvalue weighted by Crippen LogP contribution is -2.47. The monoisotopic (exact) mass is 362 g/mol. The molecule has 0 spiro atoms. The standard InChI is InChI=1S/C20H34N4O2/c1-15(2)13-20(8-5-9-20)14-24-19(21-4)23-11-6-10-22-18(25)17-16(3)7-12-26-17/h7,12,15H,5-6,8-11,13-14H2,1-4H3,(H,22,25)(H2,21,23,24). The van der Waals surface area contributed by atoms with E-state index in [1.807, 2.05) is 6.92 Å². The minimum absolute atomic E-state index is 0.157. The van der Waals surface area contributed by atoms with E-state index in [1.54, 1.807) is 13.1 Å². The molecule has 0 radical (unpaired) electrons. The number of hydrogen-bond acceptors (Lipinski definition) is 3. The van der Waals surface area contributed by atoms with Crippen molar-refractivity contribution in [2.45, 2.75) is 52.9 Å². The Kier molecular flexibility index (Phi) is 7.54. The average molecular weight is 363 g/mol. The summed E-state index contributed by atoms with van der Waals surface area (Å²) >= 11 is 0. The van der Waals surface area contributed by atoms with E-state index in [4.69, 9.17) is 4.42 Å². The highest BCUT2D eigenvalue weighted by molar-refractivity contribution is 5.92. The minimum Gasteiger partial charge on any atom is -0.459 e. The summed E-state index contributed by atoms with van der Waals surface area (Å²) < 4.78 is 5.19. The first-order valence-electron chi connectivity index (χ1n) is 9.72. The van der Waals surface area contributed by atoms with Crippen molar-refractivity contribution in [2.24, 2.45) is 16.3 Å². The van der Waals surface area contributed by atoms with E-state index in [9.17, 15) is 4.79 Å². The number of aryl methyl sites for hydroxylation is 1. The van der Waals surface area contributed by atoms with Gasteiger partial charge in [-0.2, -0.15) is 0 Å². The Morgan fingerprint density at radius 3 is 2.54 bits per heavy atom. The fourth-order valence-electron chi connectivity index (χ4n) is 3.67. The quantitative estimate of drug-likeness (QED) is 0.358. The van der Waals surface area contributed by atoms with Crippen molar-refractivity contribution >= 4 is 11.9 Å². The third-order valence-corrected chi connectivity index (χ3v) is 5.11. The Balaban J connectivity index is 1.63. The summed E-state index contributed by atoms with van der Waals surface area (Å²) in [5.41, 5.74) is 1.30. The highest BCUT2D eigenvalue weighted by Gasteiger charge is 2.37. The molecule has 1 aliphatic carbocycles. The SMILES string of the molecule is CN=C(NCCCNC(=O)c1occc1C)NCC1(CC(C)C)CCC1. The molecule has 26 heavy (non-hydrogen) atoms. The van der Waals surface area contributed by atoms with Crippen LogP contribution < -0.4 is 16.0 Å². The summed E-state index contributed by atoms with van der Waals surface area (Å²) in [6, 6.07) is 1.79. The molecule has 6 nitrogen and oxygen atoms in total. The molecule has 1 aliphatic rings. The van der Waals surface area contributed by atoms with Gasteiger partial charge in [0, 0.05) is 32.2 Å². The Hall–Kier alpha value is -1.98. The van der Waals surface area contributed by atoms with Crippen LogP contribution in [0.5, 0.6) is 0 Å². The summed E-state index contributed by atoms with van der Waals surface area (Å²) in [7, 11) is 1.80. The largest absolute Gasteiger partial charge is 0.459 e. The first-order valence-corrected chi connectivity index (χ1v) is 9.72. The fraction of sp³-hybridized carbons (Fsp3) is 0.700. The number of carbonyl (C=O) groups excluding carboxylic acids is 1. The van der Waals surface area contributed by atoms with Crippen LogP contribution in [0.3, 0.4) is 0 Å². The summed E-state index contributed by atoms with van der Waals surface area (Å²) in [5.74, 6) is 1.81. The number of aliphatic imine (C=N–C) groups is 1. The molecule has 1 fully saturated rings. The van der Waals surface area contributed by atoms with Crippen LogP contribution in [-0.4, -0.2) is 38.5 Å². The molecule has 1 heterocycles. The number of furan rings is 1. The lowest BCUT2D eigenvalue weighted by Gasteiger charge is -2.43. The van der Waals surface area contributed by atoms with Crippen LogP contribution in [0.15, 0.2) is 21.7 Å². The van der Waals surface area contributed by atoms with Crippen LogP contribution in [0.25, 0.3) is 0 Å². The molecule has 6 heteroatoms. The maximum Gasteiger partial charge on any atom is 0.287 e. The molecule has 0 aromatic carbocycles. The van der Waals surface area contributed by atoms with Gasteiger partial charge >= 0.3 is 0 Å². The predicted molar refractivity (Wildman–Crippen MR) is 105 cm³/mol. The highest BCUT2D eigenvalue weighted by Crippen LogP contribution is 2.45. The van der Waals surface area contributed by atoms with E-state index in [0.717, 1.165) is 37.0 Å². The van der Waals surface area contributed by atoms with Gasteiger partial charge in [-0.15, -0.1) is 0 Å². The molecule has 1 aromatic rings. The molecule has 0 unspecified atom stereocenters. The minimum atomic E-state index is -0.157. The molecule has 0 bridgehead atoms. The predicted octanol–water partition coefficient (Wildman–Crippen LogP) is 3.09. The average Bonchev–Trinajstić information content (AvgIpc) is 3.00. The normalized spacial score (nSPS) is 16.3. The van der Waals surface area contributed by atoms with E-state index in [-0.39, 0.29) is 5.91 Å². The van der Waals surface area contributed by atoms with Gasteiger partial charge in [-0.1, -0.05) is 20.3 Å². The first kappa shape index (κ1) is 20.3. The molecule has 2 rings (SSSR count). The van der Waals surface area contributed by atoms with E-state index >= 15 is 0 Å². The third kappa shape index (κ3) is 5.78. The molecule has 1 aromatic heterocycles. The first-order chi connectivity index (χ1) is 12.5. The number of nitrogens with zero attached hydrogens (tertiary/aromatic N) is 1. The summed E-state index contributed by atoms with van der Waals surface area (Å²) in [5, 5.41) is 9.69. The molecule has 0 atom stereocenters. The van der Waals surface area contributed by atoms with E-state index < -0.39 is 0 Å². The lowest BCUT2D eigenvalue weighted by molar-refractivity contribution is 0.0924. The van der Waals surface area contributed by atoms with Crippen LogP contribution in [0.4, 0.5) is 0 Å². The van der Waals surface area contributed by atoms with Gasteiger partial charge in [0.1, 0.15) is 0 Å². The molecular formula is C20H34N4O2. The molecule has 146 valence electrons. The summed E-state index contributed by atoms with van der Waals surface area (Å²) in [4.78, 5) is 16.3. The maximum absolute atomic E-state index is 12.0. The molecule has 1 saturated carbocycles. The van der Waals surface area contributed by atoms with Gasteiger partial charge in [0.05, 0.1) is 6.26 Å². The Morgan fingerprint density at radius 1 is 1.27 bits per heavy atom. The van der Waals surface area contributed by atoms with E-state index in [2.05, 4.69) is 34.8 Å². The topological polar surface area (TPSA) is 78.7 Å². The van der Waals surface area contributed by atoms with Gasteiger partial charge in [0.15, 0.2) is 11.7 Å². The second-order valence-electron chi connectivity index (χ2n) is 7.85. The number of hydrogen-bond donors (Lipinski definition) is 3. The number of amides is 1. The Bertz CT molecular complexity index is 603. The molecule has 1 amide bonds. The number of rotatable bonds is 9. The summed E-state index contributed by atoms with van der Waals surface area (Å²) in [6.07, 6.45) is 7.60. The zero-order valence-electron chi connectivity index (χ0n) is 16.7.